The highest BCUT2D eigenvalue weighted by atomic mass is 16.4. The molecule has 0 radical (unpaired) electrons. The molecule has 3 amide bonds. The number of carbonyl (C=O) groups is 4. The maximum absolute atomic E-state index is 13.5. The van der Waals surface area contributed by atoms with E-state index in [1.54, 1.807) is 17.0 Å². The number of phenols is 1. The Morgan fingerprint density at radius 2 is 1.57 bits per heavy atom. The predicted octanol–water partition coefficient (Wildman–Crippen LogP) is 2.53. The lowest BCUT2D eigenvalue weighted by molar-refractivity contribution is -0.145. The van der Waals surface area contributed by atoms with Crippen molar-refractivity contribution in [3.63, 3.8) is 0 Å². The molecule has 42 heavy (non-hydrogen) atoms. The number of unbranched alkanes of at least 4 members (excludes halogenated alkanes) is 6. The first kappa shape index (κ1) is 33.3. The van der Waals surface area contributed by atoms with Crippen LogP contribution in [0.4, 0.5) is 0 Å². The summed E-state index contributed by atoms with van der Waals surface area (Å²) in [5.41, 5.74) is 0.623. The van der Waals surface area contributed by atoms with Crippen molar-refractivity contribution in [3.05, 3.63) is 29.8 Å². The van der Waals surface area contributed by atoms with Gasteiger partial charge >= 0.3 is 5.97 Å². The summed E-state index contributed by atoms with van der Waals surface area (Å²) < 4.78 is 0. The van der Waals surface area contributed by atoms with Crippen LogP contribution in [0, 0.1) is 0 Å². The van der Waals surface area contributed by atoms with Crippen LogP contribution in [0.5, 0.6) is 5.75 Å². The molecule has 0 aliphatic carbocycles. The molecule has 1 aromatic rings. The first-order chi connectivity index (χ1) is 20.2. The Labute approximate surface area is 248 Å². The second-order valence-corrected chi connectivity index (χ2v) is 11.5. The molecule has 5 N–H and O–H groups in total. The maximum atomic E-state index is 13.5. The lowest BCUT2D eigenvalue weighted by atomic mass is 10.1. The fourth-order valence-corrected chi connectivity index (χ4v) is 5.95. The normalized spacial score (nSPS) is 20.3. The third kappa shape index (κ3) is 9.97. The Bertz CT molecular complexity index is 1030. The number of nitrogens with zero attached hydrogens (tertiary/aromatic N) is 2. The molecular weight excluding hydrogens is 540 g/mol. The van der Waals surface area contributed by atoms with Gasteiger partial charge in [-0.05, 0) is 56.2 Å². The van der Waals surface area contributed by atoms with Gasteiger partial charge in [-0.2, -0.15) is 0 Å². The highest BCUT2D eigenvalue weighted by Gasteiger charge is 2.42. The van der Waals surface area contributed by atoms with Gasteiger partial charge in [0.05, 0.1) is 12.6 Å². The Kier molecular flexibility index (Phi) is 13.5. The topological polar surface area (TPSA) is 160 Å². The van der Waals surface area contributed by atoms with Crippen LogP contribution in [-0.4, -0.2) is 92.8 Å². The van der Waals surface area contributed by atoms with Gasteiger partial charge in [-0.15, -0.1) is 0 Å². The molecule has 11 nitrogen and oxygen atoms in total. The Hall–Kier alpha value is -3.18. The zero-order valence-electron chi connectivity index (χ0n) is 24.8. The van der Waals surface area contributed by atoms with E-state index in [1.807, 2.05) is 4.90 Å². The van der Waals surface area contributed by atoms with Crippen LogP contribution in [0.2, 0.25) is 0 Å². The van der Waals surface area contributed by atoms with Gasteiger partial charge < -0.3 is 30.9 Å². The molecule has 234 valence electrons. The number of phenolic OH excluding ortho intramolecular Hbond substituents is 1. The smallest absolute Gasteiger partial charge is 0.326 e. The number of carboxylic acid groups (broad SMARTS) is 1. The highest BCUT2D eigenvalue weighted by molar-refractivity contribution is 5.93. The first-order valence-electron chi connectivity index (χ1n) is 15.5. The molecule has 0 bridgehead atoms. The number of amides is 3. The second-order valence-electron chi connectivity index (χ2n) is 11.5. The fourth-order valence-electron chi connectivity index (χ4n) is 5.95. The van der Waals surface area contributed by atoms with Crippen molar-refractivity contribution in [2.75, 3.05) is 19.6 Å². The number of aliphatic carboxylic acids is 1. The molecule has 1 unspecified atom stereocenters. The number of hydrogen-bond acceptors (Lipinski definition) is 7. The summed E-state index contributed by atoms with van der Waals surface area (Å²) in [6.45, 7) is 2.87. The van der Waals surface area contributed by atoms with E-state index in [1.165, 1.54) is 37.8 Å². The maximum Gasteiger partial charge on any atom is 0.326 e. The van der Waals surface area contributed by atoms with Crippen molar-refractivity contribution in [2.45, 2.75) is 115 Å². The molecule has 11 heteroatoms. The van der Waals surface area contributed by atoms with Gasteiger partial charge in [-0.3, -0.25) is 19.3 Å². The van der Waals surface area contributed by atoms with Gasteiger partial charge in [0, 0.05) is 19.5 Å². The number of aliphatic hydroxyl groups excluding tert-OH is 1. The summed E-state index contributed by atoms with van der Waals surface area (Å²) in [5.74, 6) is -2.42. The minimum absolute atomic E-state index is 0.0168. The molecular formula is C31H48N4O7. The fraction of sp³-hybridized carbons (Fsp3) is 0.677. The molecule has 4 atom stereocenters. The van der Waals surface area contributed by atoms with Gasteiger partial charge in [-0.1, -0.05) is 57.6 Å². The molecule has 2 aliphatic rings. The monoisotopic (exact) mass is 588 g/mol. The third-order valence-electron chi connectivity index (χ3n) is 8.30. The van der Waals surface area contributed by atoms with Gasteiger partial charge in [0.2, 0.25) is 17.7 Å². The largest absolute Gasteiger partial charge is 0.508 e. The number of carbonyl (C=O) groups excluding carboxylic acids is 3. The van der Waals surface area contributed by atoms with Crippen molar-refractivity contribution in [2.24, 2.45) is 0 Å². The average Bonchev–Trinajstić information content (AvgIpc) is 3.66. The predicted molar refractivity (Wildman–Crippen MR) is 157 cm³/mol. The standard InChI is InChI=1S/C31H48N4O7/c1-2-3-4-5-6-7-8-13-28(38)34-18-10-12-26(34)30(40)35-19-9-11-25(35)29(39)32-21-27(37)33-24(31(41)42)20-22-14-16-23(36)17-15-22/h14-17,24-26,28,36,38H,2-13,18-21H2,1H3,(H,32,39)(H,33,37)(H,41,42)/t24-,25-,26-,28?/m0/s1. The van der Waals surface area contributed by atoms with Crippen LogP contribution >= 0.6 is 0 Å². The van der Waals surface area contributed by atoms with E-state index in [4.69, 9.17) is 0 Å². The number of likely N-dealkylation sites (tertiary alicyclic amines) is 2. The van der Waals surface area contributed by atoms with E-state index in [-0.39, 0.29) is 18.1 Å². The molecule has 2 fully saturated rings. The molecule has 0 saturated carbocycles. The SMILES string of the molecule is CCCCCCCCCC(O)N1CCC[C@H]1C(=O)N1CCC[C@H]1C(=O)NCC(=O)N[C@@H](Cc1ccc(O)cc1)C(=O)O. The van der Waals surface area contributed by atoms with Crippen molar-refractivity contribution in [3.8, 4) is 5.75 Å². The van der Waals surface area contributed by atoms with E-state index in [9.17, 15) is 34.5 Å². The van der Waals surface area contributed by atoms with Crippen molar-refractivity contribution in [1.29, 1.82) is 0 Å². The number of hydrogen-bond donors (Lipinski definition) is 5. The first-order valence-corrected chi connectivity index (χ1v) is 15.5. The Morgan fingerprint density at radius 3 is 2.26 bits per heavy atom. The minimum atomic E-state index is -1.22. The van der Waals surface area contributed by atoms with Crippen LogP contribution in [0.15, 0.2) is 24.3 Å². The summed E-state index contributed by atoms with van der Waals surface area (Å²) in [7, 11) is 0. The lowest BCUT2D eigenvalue weighted by Gasteiger charge is -2.33. The van der Waals surface area contributed by atoms with E-state index in [0.29, 0.717) is 44.3 Å². The van der Waals surface area contributed by atoms with E-state index < -0.39 is 48.7 Å². The number of benzene rings is 1. The molecule has 2 aliphatic heterocycles. The number of nitrogens with one attached hydrogen (secondary N) is 2. The summed E-state index contributed by atoms with van der Waals surface area (Å²) in [5, 5.41) is 34.8. The second kappa shape index (κ2) is 17.1. The summed E-state index contributed by atoms with van der Waals surface area (Å²) in [6.07, 6.45) is 10.6. The van der Waals surface area contributed by atoms with Crippen molar-refractivity contribution < 1.29 is 34.5 Å². The van der Waals surface area contributed by atoms with E-state index in [0.717, 1.165) is 25.7 Å². The molecule has 0 spiro atoms. The number of rotatable bonds is 17. The minimum Gasteiger partial charge on any atom is -0.508 e. The van der Waals surface area contributed by atoms with Crippen LogP contribution in [-0.2, 0) is 25.6 Å². The molecule has 3 rings (SSSR count). The zero-order chi connectivity index (χ0) is 30.5. The number of aliphatic hydroxyl groups is 1. The van der Waals surface area contributed by atoms with Gasteiger partial charge in [-0.25, -0.2) is 4.79 Å². The summed E-state index contributed by atoms with van der Waals surface area (Å²) in [4.78, 5) is 54.2. The molecule has 2 heterocycles. The van der Waals surface area contributed by atoms with Gasteiger partial charge in [0.15, 0.2) is 0 Å². The Balaban J connectivity index is 1.46. The molecule has 0 aromatic heterocycles. The van der Waals surface area contributed by atoms with E-state index in [2.05, 4.69) is 17.6 Å². The van der Waals surface area contributed by atoms with Crippen LogP contribution < -0.4 is 10.6 Å². The number of aromatic hydroxyl groups is 1. The zero-order valence-corrected chi connectivity index (χ0v) is 24.8. The van der Waals surface area contributed by atoms with Crippen LogP contribution in [0.3, 0.4) is 0 Å². The van der Waals surface area contributed by atoms with Crippen molar-refractivity contribution >= 4 is 23.7 Å². The van der Waals surface area contributed by atoms with Gasteiger partial charge in [0.25, 0.3) is 0 Å². The highest BCUT2D eigenvalue weighted by Crippen LogP contribution is 2.27. The Morgan fingerprint density at radius 1 is 0.929 bits per heavy atom. The van der Waals surface area contributed by atoms with Gasteiger partial charge in [0.1, 0.15) is 24.1 Å². The van der Waals surface area contributed by atoms with Crippen molar-refractivity contribution in [1.82, 2.24) is 20.4 Å². The van der Waals surface area contributed by atoms with E-state index >= 15 is 0 Å². The quantitative estimate of drug-likeness (QED) is 0.174. The molecule has 1 aromatic carbocycles. The average molecular weight is 589 g/mol. The third-order valence-corrected chi connectivity index (χ3v) is 8.30. The summed E-state index contributed by atoms with van der Waals surface area (Å²) >= 11 is 0. The summed E-state index contributed by atoms with van der Waals surface area (Å²) in [6, 6.07) is 3.65. The lowest BCUT2D eigenvalue weighted by Crippen LogP contribution is -2.54. The molecule has 2 saturated heterocycles. The van der Waals surface area contributed by atoms with Crippen LogP contribution in [0.25, 0.3) is 0 Å². The van der Waals surface area contributed by atoms with Crippen LogP contribution in [0.1, 0.15) is 89.5 Å². The number of carboxylic acids is 1.